The third-order valence-electron chi connectivity index (χ3n) is 2.52. The van der Waals surface area contributed by atoms with Crippen molar-refractivity contribution in [3.8, 4) is 5.75 Å². The van der Waals surface area contributed by atoms with Gasteiger partial charge in [-0.1, -0.05) is 13.0 Å². The molecule has 96 valence electrons. The van der Waals surface area contributed by atoms with E-state index >= 15 is 0 Å². The van der Waals surface area contributed by atoms with E-state index in [2.05, 4.69) is 5.32 Å². The van der Waals surface area contributed by atoms with Crippen LogP contribution in [0.5, 0.6) is 5.75 Å². The van der Waals surface area contributed by atoms with E-state index in [-0.39, 0.29) is 17.6 Å². The summed E-state index contributed by atoms with van der Waals surface area (Å²) in [6.07, 6.45) is 0. The molecule has 0 saturated carbocycles. The first kappa shape index (κ1) is 13.9. The molecule has 4 heteroatoms. The maximum Gasteiger partial charge on any atom is 0.165 e. The van der Waals surface area contributed by atoms with Crippen molar-refractivity contribution >= 4 is 0 Å². The van der Waals surface area contributed by atoms with E-state index in [1.807, 2.05) is 19.9 Å². The Labute approximate surface area is 102 Å². The molecule has 0 fully saturated rings. The predicted molar refractivity (Wildman–Crippen MR) is 65.9 cm³/mol. The van der Waals surface area contributed by atoms with Crippen molar-refractivity contribution in [3.05, 3.63) is 29.6 Å². The van der Waals surface area contributed by atoms with Crippen molar-refractivity contribution in [2.75, 3.05) is 26.9 Å². The summed E-state index contributed by atoms with van der Waals surface area (Å²) in [6, 6.07) is 5.00. The summed E-state index contributed by atoms with van der Waals surface area (Å²) in [6.45, 7) is 5.96. The van der Waals surface area contributed by atoms with E-state index in [4.69, 9.17) is 9.47 Å². The van der Waals surface area contributed by atoms with Crippen LogP contribution in [0, 0.1) is 5.82 Å². The molecule has 17 heavy (non-hydrogen) atoms. The van der Waals surface area contributed by atoms with Crippen LogP contribution in [0.3, 0.4) is 0 Å². The average Bonchev–Trinajstić information content (AvgIpc) is 2.34. The number of benzene rings is 1. The SMILES string of the molecule is CCNC(COCC)c1ccc(OC)c(F)c1. The first-order chi connectivity index (χ1) is 8.22. The zero-order chi connectivity index (χ0) is 12.7. The topological polar surface area (TPSA) is 30.5 Å². The number of ether oxygens (including phenoxy) is 2. The number of nitrogens with one attached hydrogen (secondary N) is 1. The summed E-state index contributed by atoms with van der Waals surface area (Å²) in [7, 11) is 1.46. The number of rotatable bonds is 7. The highest BCUT2D eigenvalue weighted by atomic mass is 19.1. The molecule has 1 rings (SSSR count). The lowest BCUT2D eigenvalue weighted by atomic mass is 10.1. The summed E-state index contributed by atoms with van der Waals surface area (Å²) in [5, 5.41) is 3.27. The molecule has 0 aliphatic heterocycles. The Kier molecular flexibility index (Phi) is 5.94. The molecule has 0 aliphatic carbocycles. The van der Waals surface area contributed by atoms with Gasteiger partial charge >= 0.3 is 0 Å². The minimum absolute atomic E-state index is 0.0142. The molecule has 1 unspecified atom stereocenters. The molecule has 0 radical (unpaired) electrons. The summed E-state index contributed by atoms with van der Waals surface area (Å²) >= 11 is 0. The normalized spacial score (nSPS) is 12.5. The summed E-state index contributed by atoms with van der Waals surface area (Å²) in [5.74, 6) is -0.0789. The molecule has 1 N–H and O–H groups in total. The fraction of sp³-hybridized carbons (Fsp3) is 0.538. The molecule has 0 saturated heterocycles. The maximum atomic E-state index is 13.6. The van der Waals surface area contributed by atoms with Gasteiger partial charge in [0, 0.05) is 6.61 Å². The molecule has 0 spiro atoms. The lowest BCUT2D eigenvalue weighted by Gasteiger charge is -2.18. The van der Waals surface area contributed by atoms with Crippen molar-refractivity contribution in [1.82, 2.24) is 5.32 Å². The third kappa shape index (κ3) is 3.98. The third-order valence-corrected chi connectivity index (χ3v) is 2.52. The van der Waals surface area contributed by atoms with E-state index in [1.165, 1.54) is 13.2 Å². The summed E-state index contributed by atoms with van der Waals surface area (Å²) in [5.41, 5.74) is 0.874. The zero-order valence-corrected chi connectivity index (χ0v) is 10.6. The van der Waals surface area contributed by atoms with Crippen LogP contribution in [-0.4, -0.2) is 26.9 Å². The van der Waals surface area contributed by atoms with Crippen molar-refractivity contribution in [3.63, 3.8) is 0 Å². The monoisotopic (exact) mass is 241 g/mol. The Bertz CT molecular complexity index is 344. The number of methoxy groups -OCH3 is 1. The second-order valence-electron chi connectivity index (χ2n) is 3.66. The highest BCUT2D eigenvalue weighted by Gasteiger charge is 2.13. The fourth-order valence-electron chi connectivity index (χ4n) is 1.65. The van der Waals surface area contributed by atoms with Gasteiger partial charge in [0.25, 0.3) is 0 Å². The fourth-order valence-corrected chi connectivity index (χ4v) is 1.65. The maximum absolute atomic E-state index is 13.6. The van der Waals surface area contributed by atoms with E-state index < -0.39 is 0 Å². The first-order valence-electron chi connectivity index (χ1n) is 5.87. The number of halogens is 1. The average molecular weight is 241 g/mol. The smallest absolute Gasteiger partial charge is 0.165 e. The van der Waals surface area contributed by atoms with Crippen LogP contribution in [-0.2, 0) is 4.74 Å². The zero-order valence-electron chi connectivity index (χ0n) is 10.6. The Hall–Kier alpha value is -1.13. The van der Waals surface area contributed by atoms with E-state index in [0.717, 1.165) is 12.1 Å². The van der Waals surface area contributed by atoms with E-state index in [1.54, 1.807) is 6.07 Å². The van der Waals surface area contributed by atoms with Gasteiger partial charge in [0.15, 0.2) is 11.6 Å². The second-order valence-corrected chi connectivity index (χ2v) is 3.66. The molecule has 1 aromatic carbocycles. The van der Waals surface area contributed by atoms with Gasteiger partial charge in [-0.3, -0.25) is 0 Å². The summed E-state index contributed by atoms with van der Waals surface area (Å²) in [4.78, 5) is 0. The van der Waals surface area contributed by atoms with Crippen LogP contribution in [0.15, 0.2) is 18.2 Å². The van der Waals surface area contributed by atoms with Gasteiger partial charge in [0.05, 0.1) is 19.8 Å². The predicted octanol–water partition coefficient (Wildman–Crippen LogP) is 2.52. The molecule has 0 aliphatic rings. The minimum atomic E-state index is -0.343. The van der Waals surface area contributed by atoms with Crippen molar-refractivity contribution in [1.29, 1.82) is 0 Å². The number of hydrogen-bond donors (Lipinski definition) is 1. The van der Waals surface area contributed by atoms with Gasteiger partial charge in [-0.25, -0.2) is 4.39 Å². The Morgan fingerprint density at radius 2 is 2.12 bits per heavy atom. The lowest BCUT2D eigenvalue weighted by Crippen LogP contribution is -2.25. The van der Waals surface area contributed by atoms with Crippen LogP contribution < -0.4 is 10.1 Å². The molecular weight excluding hydrogens is 221 g/mol. The van der Waals surface area contributed by atoms with Gasteiger partial charge in [-0.2, -0.15) is 0 Å². The lowest BCUT2D eigenvalue weighted by molar-refractivity contribution is 0.123. The first-order valence-corrected chi connectivity index (χ1v) is 5.87. The van der Waals surface area contributed by atoms with E-state index in [0.29, 0.717) is 13.2 Å². The quantitative estimate of drug-likeness (QED) is 0.795. The largest absolute Gasteiger partial charge is 0.494 e. The number of hydrogen-bond acceptors (Lipinski definition) is 3. The molecule has 0 bridgehead atoms. The molecule has 0 aromatic heterocycles. The highest BCUT2D eigenvalue weighted by molar-refractivity contribution is 5.31. The van der Waals surface area contributed by atoms with Gasteiger partial charge < -0.3 is 14.8 Å². The van der Waals surface area contributed by atoms with Crippen LogP contribution in [0.4, 0.5) is 4.39 Å². The second kappa shape index (κ2) is 7.25. The van der Waals surface area contributed by atoms with Gasteiger partial charge in [-0.15, -0.1) is 0 Å². The van der Waals surface area contributed by atoms with Crippen molar-refractivity contribution in [2.45, 2.75) is 19.9 Å². The van der Waals surface area contributed by atoms with Crippen molar-refractivity contribution < 1.29 is 13.9 Å². The van der Waals surface area contributed by atoms with E-state index in [9.17, 15) is 4.39 Å². The van der Waals surface area contributed by atoms with Crippen LogP contribution in [0.1, 0.15) is 25.5 Å². The Morgan fingerprint density at radius 1 is 1.35 bits per heavy atom. The molecule has 3 nitrogen and oxygen atoms in total. The summed E-state index contributed by atoms with van der Waals surface area (Å²) < 4.78 is 23.9. The standard InChI is InChI=1S/C13H20FNO2/c1-4-15-12(9-17-5-2)10-6-7-13(16-3)11(14)8-10/h6-8,12,15H,4-5,9H2,1-3H3. The molecular formula is C13H20FNO2. The van der Waals surface area contributed by atoms with Crippen LogP contribution >= 0.6 is 0 Å². The van der Waals surface area contributed by atoms with Crippen molar-refractivity contribution in [2.24, 2.45) is 0 Å². The minimum Gasteiger partial charge on any atom is -0.494 e. The Balaban J connectivity index is 2.82. The number of likely N-dealkylation sites (N-methyl/N-ethyl adjacent to an activating group) is 1. The van der Waals surface area contributed by atoms with Crippen LogP contribution in [0.2, 0.25) is 0 Å². The molecule has 0 heterocycles. The molecule has 0 amide bonds. The van der Waals surface area contributed by atoms with Gasteiger partial charge in [0.2, 0.25) is 0 Å². The van der Waals surface area contributed by atoms with Gasteiger partial charge in [0.1, 0.15) is 0 Å². The molecule has 1 atom stereocenters. The molecule has 1 aromatic rings. The highest BCUT2D eigenvalue weighted by Crippen LogP contribution is 2.22. The van der Waals surface area contributed by atoms with Gasteiger partial charge in [-0.05, 0) is 31.2 Å². The Morgan fingerprint density at radius 3 is 2.65 bits per heavy atom. The van der Waals surface area contributed by atoms with Crippen LogP contribution in [0.25, 0.3) is 0 Å².